The first-order chi connectivity index (χ1) is 6.68. The summed E-state index contributed by atoms with van der Waals surface area (Å²) in [6.45, 7) is 0.0729. The number of aliphatic carboxylic acids is 1. The van der Waals surface area contributed by atoms with Crippen LogP contribution in [-0.4, -0.2) is 33.4 Å². The van der Waals surface area contributed by atoms with Crippen LogP contribution < -0.4 is 0 Å². The SMILES string of the molecule is O=C(O)CN1Cc2cccnc2C1=O. The maximum absolute atomic E-state index is 11.5. The fourth-order valence-electron chi connectivity index (χ4n) is 1.48. The van der Waals surface area contributed by atoms with Gasteiger partial charge in [-0.15, -0.1) is 0 Å². The summed E-state index contributed by atoms with van der Waals surface area (Å²) < 4.78 is 0. The molecule has 0 unspecified atom stereocenters. The third kappa shape index (κ3) is 1.32. The Kier molecular flexibility index (Phi) is 1.92. The lowest BCUT2D eigenvalue weighted by Gasteiger charge is -2.10. The van der Waals surface area contributed by atoms with Crippen LogP contribution in [0.5, 0.6) is 0 Å². The van der Waals surface area contributed by atoms with E-state index >= 15 is 0 Å². The van der Waals surface area contributed by atoms with Gasteiger partial charge >= 0.3 is 5.97 Å². The third-order valence-corrected chi connectivity index (χ3v) is 2.07. The summed E-state index contributed by atoms with van der Waals surface area (Å²) in [5, 5.41) is 8.56. The molecule has 0 radical (unpaired) electrons. The minimum absolute atomic E-state index is 0.269. The second-order valence-electron chi connectivity index (χ2n) is 3.07. The number of aromatic nitrogens is 1. The van der Waals surface area contributed by atoms with Crippen LogP contribution in [0.1, 0.15) is 16.1 Å². The van der Waals surface area contributed by atoms with Crippen molar-refractivity contribution in [1.82, 2.24) is 9.88 Å². The second kappa shape index (κ2) is 3.10. The van der Waals surface area contributed by atoms with Crippen molar-refractivity contribution in [3.63, 3.8) is 0 Å². The molecule has 14 heavy (non-hydrogen) atoms. The number of fused-ring (bicyclic) bond motifs is 1. The van der Waals surface area contributed by atoms with Crippen LogP contribution in [0.2, 0.25) is 0 Å². The molecule has 1 amide bonds. The number of rotatable bonds is 2. The van der Waals surface area contributed by atoms with Crippen molar-refractivity contribution in [3.8, 4) is 0 Å². The van der Waals surface area contributed by atoms with Gasteiger partial charge in [-0.2, -0.15) is 0 Å². The lowest BCUT2D eigenvalue weighted by atomic mass is 10.2. The molecule has 1 aliphatic heterocycles. The Balaban J connectivity index is 2.26. The third-order valence-electron chi connectivity index (χ3n) is 2.07. The number of hydrogen-bond donors (Lipinski definition) is 1. The van der Waals surface area contributed by atoms with Gasteiger partial charge < -0.3 is 10.0 Å². The van der Waals surface area contributed by atoms with Gasteiger partial charge in [0.25, 0.3) is 5.91 Å². The molecule has 0 aliphatic carbocycles. The number of carboxylic acid groups (broad SMARTS) is 1. The molecular weight excluding hydrogens is 184 g/mol. The molecule has 5 heteroatoms. The average Bonchev–Trinajstić information content (AvgIpc) is 2.44. The average molecular weight is 192 g/mol. The standard InChI is InChI=1S/C9H8N2O3/c12-7(13)5-11-4-6-2-1-3-10-8(6)9(11)14/h1-3H,4-5H2,(H,12,13). The summed E-state index contributed by atoms with van der Waals surface area (Å²) in [6, 6.07) is 3.51. The summed E-state index contributed by atoms with van der Waals surface area (Å²) in [5.74, 6) is -1.31. The van der Waals surface area contributed by atoms with Crippen molar-refractivity contribution in [3.05, 3.63) is 29.6 Å². The minimum Gasteiger partial charge on any atom is -0.480 e. The van der Waals surface area contributed by atoms with Crippen LogP contribution in [0.3, 0.4) is 0 Å². The molecule has 0 fully saturated rings. The molecule has 2 heterocycles. The number of amides is 1. The molecule has 0 atom stereocenters. The van der Waals surface area contributed by atoms with Gasteiger partial charge in [0, 0.05) is 18.3 Å². The van der Waals surface area contributed by atoms with Gasteiger partial charge in [-0.25, -0.2) is 0 Å². The molecular formula is C9H8N2O3. The zero-order valence-electron chi connectivity index (χ0n) is 7.30. The van der Waals surface area contributed by atoms with E-state index < -0.39 is 5.97 Å². The van der Waals surface area contributed by atoms with E-state index in [1.807, 2.05) is 0 Å². The summed E-state index contributed by atoms with van der Waals surface area (Å²) in [6.07, 6.45) is 1.53. The molecule has 5 nitrogen and oxygen atoms in total. The normalized spacial score (nSPS) is 14.3. The van der Waals surface area contributed by atoms with Gasteiger partial charge in [0.15, 0.2) is 0 Å². The van der Waals surface area contributed by atoms with E-state index in [1.165, 1.54) is 11.1 Å². The van der Waals surface area contributed by atoms with Crippen LogP contribution in [0.15, 0.2) is 18.3 Å². The fourth-order valence-corrected chi connectivity index (χ4v) is 1.48. The Morgan fingerprint density at radius 2 is 2.43 bits per heavy atom. The number of pyridine rings is 1. The van der Waals surface area contributed by atoms with E-state index in [-0.39, 0.29) is 12.5 Å². The molecule has 1 aromatic heterocycles. The molecule has 0 spiro atoms. The molecule has 0 saturated carbocycles. The van der Waals surface area contributed by atoms with Gasteiger partial charge in [-0.05, 0) is 6.07 Å². The minimum atomic E-state index is -1.01. The van der Waals surface area contributed by atoms with Gasteiger partial charge in [0.05, 0.1) is 0 Å². The van der Waals surface area contributed by atoms with Crippen molar-refractivity contribution in [2.75, 3.05) is 6.54 Å². The Morgan fingerprint density at radius 3 is 3.07 bits per heavy atom. The summed E-state index contributed by atoms with van der Waals surface area (Å²) >= 11 is 0. The van der Waals surface area contributed by atoms with E-state index in [0.717, 1.165) is 5.56 Å². The zero-order valence-corrected chi connectivity index (χ0v) is 7.30. The highest BCUT2D eigenvalue weighted by atomic mass is 16.4. The van der Waals surface area contributed by atoms with Crippen molar-refractivity contribution >= 4 is 11.9 Å². The summed E-state index contributed by atoms with van der Waals surface area (Å²) in [7, 11) is 0. The molecule has 0 saturated heterocycles. The summed E-state index contributed by atoms with van der Waals surface area (Å²) in [4.78, 5) is 27.1. The smallest absolute Gasteiger partial charge is 0.323 e. The Morgan fingerprint density at radius 1 is 1.64 bits per heavy atom. The number of carboxylic acids is 1. The Labute approximate surface area is 80.0 Å². The first kappa shape index (κ1) is 8.68. The van der Waals surface area contributed by atoms with Crippen molar-refractivity contribution in [2.45, 2.75) is 6.54 Å². The number of carbonyl (C=O) groups excluding carboxylic acids is 1. The first-order valence-electron chi connectivity index (χ1n) is 4.13. The largest absolute Gasteiger partial charge is 0.480 e. The molecule has 1 aromatic rings. The van der Waals surface area contributed by atoms with Crippen LogP contribution in [0, 0.1) is 0 Å². The number of hydrogen-bond acceptors (Lipinski definition) is 3. The molecule has 2 rings (SSSR count). The second-order valence-corrected chi connectivity index (χ2v) is 3.07. The molecule has 1 N–H and O–H groups in total. The number of carbonyl (C=O) groups is 2. The fraction of sp³-hybridized carbons (Fsp3) is 0.222. The molecule has 0 bridgehead atoms. The lowest BCUT2D eigenvalue weighted by Crippen LogP contribution is -2.30. The van der Waals surface area contributed by atoms with Gasteiger partial charge in [0.2, 0.25) is 0 Å². The van der Waals surface area contributed by atoms with Crippen LogP contribution in [0.4, 0.5) is 0 Å². The maximum atomic E-state index is 11.5. The van der Waals surface area contributed by atoms with Gasteiger partial charge in [-0.3, -0.25) is 14.6 Å². The van der Waals surface area contributed by atoms with E-state index in [4.69, 9.17) is 5.11 Å². The highest BCUT2D eigenvalue weighted by molar-refractivity contribution is 5.97. The van der Waals surface area contributed by atoms with Crippen molar-refractivity contribution in [2.24, 2.45) is 0 Å². The zero-order chi connectivity index (χ0) is 10.1. The van der Waals surface area contributed by atoms with E-state index in [2.05, 4.69) is 4.98 Å². The monoisotopic (exact) mass is 192 g/mol. The van der Waals surface area contributed by atoms with E-state index in [1.54, 1.807) is 12.1 Å². The maximum Gasteiger partial charge on any atom is 0.323 e. The highest BCUT2D eigenvalue weighted by Crippen LogP contribution is 2.19. The van der Waals surface area contributed by atoms with E-state index in [9.17, 15) is 9.59 Å². The predicted octanol–water partition coefficient (Wildman–Crippen LogP) is 0.122. The van der Waals surface area contributed by atoms with Crippen LogP contribution in [0.25, 0.3) is 0 Å². The van der Waals surface area contributed by atoms with Gasteiger partial charge in [-0.1, -0.05) is 6.07 Å². The predicted molar refractivity (Wildman–Crippen MR) is 46.6 cm³/mol. The van der Waals surface area contributed by atoms with E-state index in [0.29, 0.717) is 12.2 Å². The summed E-state index contributed by atoms with van der Waals surface area (Å²) in [5.41, 5.74) is 1.16. The van der Waals surface area contributed by atoms with Crippen molar-refractivity contribution in [1.29, 1.82) is 0 Å². The Hall–Kier alpha value is -1.91. The van der Waals surface area contributed by atoms with Crippen molar-refractivity contribution < 1.29 is 14.7 Å². The Bertz CT molecular complexity index is 403. The molecule has 0 aromatic carbocycles. The van der Waals surface area contributed by atoms with Gasteiger partial charge in [0.1, 0.15) is 12.2 Å². The van der Waals surface area contributed by atoms with Crippen LogP contribution >= 0.6 is 0 Å². The molecule has 1 aliphatic rings. The quantitative estimate of drug-likeness (QED) is 0.722. The number of nitrogens with zero attached hydrogens (tertiary/aromatic N) is 2. The van der Waals surface area contributed by atoms with Crippen LogP contribution in [-0.2, 0) is 11.3 Å². The first-order valence-corrected chi connectivity index (χ1v) is 4.13. The topological polar surface area (TPSA) is 70.5 Å². The molecule has 72 valence electrons. The lowest BCUT2D eigenvalue weighted by molar-refractivity contribution is -0.137. The highest BCUT2D eigenvalue weighted by Gasteiger charge is 2.29.